The number of carbonyl (C=O) groups excluding carboxylic acids is 5. The molecule has 1 atom stereocenters. The lowest BCUT2D eigenvalue weighted by atomic mass is 10.0. The van der Waals surface area contributed by atoms with Crippen molar-refractivity contribution in [2.45, 2.75) is 90.5 Å². The highest BCUT2D eigenvalue weighted by Crippen LogP contribution is 2.15. The molecule has 1 aliphatic heterocycles. The van der Waals surface area contributed by atoms with Crippen LogP contribution in [0.5, 0.6) is 0 Å². The molecule has 0 aromatic heterocycles. The summed E-state index contributed by atoms with van der Waals surface area (Å²) in [5, 5.41) is 47.7. The SMILES string of the molecule is CCOCCCN(CC(=O)CCCCOCCOCCOCCCCc1c(NCCCCCC(C(=O)O)N2CCN(CC(=O)[O-])CCN(CC(=O)[O-])CCN(CC(=O)[O-])CC2)c(=O)c1=O)C(C)=O. The van der Waals surface area contributed by atoms with Crippen LogP contribution in [0.25, 0.3) is 0 Å². The molecule has 1 amide bonds. The molecule has 22 nitrogen and oxygen atoms in total. The highest BCUT2D eigenvalue weighted by atomic mass is 16.5. The number of rotatable bonds is 38. The Hall–Kier alpha value is -4.42. The van der Waals surface area contributed by atoms with E-state index >= 15 is 0 Å². The first kappa shape index (κ1) is 59.7. The minimum Gasteiger partial charge on any atom is -0.549 e. The Kier molecular flexibility index (Phi) is 31.3. The largest absolute Gasteiger partial charge is 0.549 e. The normalized spacial score (nSPS) is 15.4. The van der Waals surface area contributed by atoms with E-state index in [2.05, 4.69) is 5.32 Å². The summed E-state index contributed by atoms with van der Waals surface area (Å²) in [7, 11) is 0. The van der Waals surface area contributed by atoms with Gasteiger partial charge in [0.2, 0.25) is 16.8 Å². The quantitative estimate of drug-likeness (QED) is 0.0482. The summed E-state index contributed by atoms with van der Waals surface area (Å²) in [5.41, 5.74) is -0.284. The maximum absolute atomic E-state index is 12.5. The first-order valence-electron chi connectivity index (χ1n) is 24.0. The van der Waals surface area contributed by atoms with Gasteiger partial charge in [-0.3, -0.25) is 43.6 Å². The smallest absolute Gasteiger partial charge is 0.320 e. The molecule has 0 spiro atoms. The Bertz CT molecular complexity index is 1690. The van der Waals surface area contributed by atoms with Crippen molar-refractivity contribution >= 4 is 41.3 Å². The number of aliphatic carboxylic acids is 4. The zero-order valence-electron chi connectivity index (χ0n) is 40.2. The van der Waals surface area contributed by atoms with E-state index in [9.17, 15) is 58.8 Å². The van der Waals surface area contributed by atoms with E-state index in [0.29, 0.717) is 135 Å². The van der Waals surface area contributed by atoms with Gasteiger partial charge in [-0.25, -0.2) is 0 Å². The fourth-order valence-corrected chi connectivity index (χ4v) is 7.78. The zero-order valence-corrected chi connectivity index (χ0v) is 40.2. The van der Waals surface area contributed by atoms with Crippen LogP contribution in [0.1, 0.15) is 83.6 Å². The topological polar surface area (TPSA) is 291 Å². The molecular formula is C46H75N6O16-3. The third-order valence-electron chi connectivity index (χ3n) is 11.6. The van der Waals surface area contributed by atoms with E-state index in [1.54, 1.807) is 19.6 Å². The summed E-state index contributed by atoms with van der Waals surface area (Å²) in [6.45, 7) is 8.00. The average molecular weight is 968 g/mol. The predicted molar refractivity (Wildman–Crippen MR) is 243 cm³/mol. The number of nitrogens with one attached hydrogen (secondary N) is 1. The first-order chi connectivity index (χ1) is 32.6. The number of hydrogen-bond acceptors (Lipinski definition) is 20. The lowest BCUT2D eigenvalue weighted by Crippen LogP contribution is -2.53. The third kappa shape index (κ3) is 26.4. The highest BCUT2D eigenvalue weighted by molar-refractivity contribution is 5.85. The number of Topliss-reactive ketones (excluding diaryl/α,β-unsaturated/α-hetero) is 1. The van der Waals surface area contributed by atoms with Crippen molar-refractivity contribution in [3.8, 4) is 0 Å². The molecule has 1 fully saturated rings. The Balaban J connectivity index is 1.65. The molecule has 2 rings (SSSR count). The van der Waals surface area contributed by atoms with Crippen molar-refractivity contribution < 1.29 is 68.1 Å². The molecule has 0 aliphatic carbocycles. The van der Waals surface area contributed by atoms with Gasteiger partial charge in [-0.05, 0) is 58.3 Å². The van der Waals surface area contributed by atoms with Crippen LogP contribution in [0.4, 0.5) is 5.69 Å². The summed E-state index contributed by atoms with van der Waals surface area (Å²) in [6.07, 6.45) is 6.19. The van der Waals surface area contributed by atoms with E-state index in [1.165, 1.54) is 11.8 Å². The second-order valence-corrected chi connectivity index (χ2v) is 16.9. The molecule has 1 aromatic carbocycles. The van der Waals surface area contributed by atoms with Crippen LogP contribution in [0.15, 0.2) is 9.59 Å². The first-order valence-corrected chi connectivity index (χ1v) is 24.0. The number of unbranched alkanes of at least 4 members (excludes halogenated alkanes) is 4. The molecule has 0 radical (unpaired) electrons. The van der Waals surface area contributed by atoms with E-state index in [0.717, 1.165) is 6.42 Å². The molecule has 0 saturated carbocycles. The number of carboxylic acid groups (broad SMARTS) is 4. The van der Waals surface area contributed by atoms with Gasteiger partial charge in [0.15, 0.2) is 5.78 Å². The van der Waals surface area contributed by atoms with E-state index in [-0.39, 0.29) is 77.0 Å². The van der Waals surface area contributed by atoms with Gasteiger partial charge >= 0.3 is 5.97 Å². The molecule has 1 heterocycles. The van der Waals surface area contributed by atoms with Gasteiger partial charge in [0.1, 0.15) is 6.04 Å². The van der Waals surface area contributed by atoms with Crippen LogP contribution in [0, 0.1) is 0 Å². The van der Waals surface area contributed by atoms with Gasteiger partial charge in [0.05, 0.1) is 56.6 Å². The van der Waals surface area contributed by atoms with Crippen molar-refractivity contribution in [3.63, 3.8) is 0 Å². The molecule has 0 bridgehead atoms. The number of hydrogen-bond donors (Lipinski definition) is 2. The number of anilines is 1. The summed E-state index contributed by atoms with van der Waals surface area (Å²) in [6, 6.07) is -0.959. The fraction of sp³-hybridized carbons (Fsp3) is 0.783. The van der Waals surface area contributed by atoms with Gasteiger partial charge < -0.3 is 64.0 Å². The Morgan fingerprint density at radius 3 is 1.63 bits per heavy atom. The van der Waals surface area contributed by atoms with Gasteiger partial charge in [-0.2, -0.15) is 0 Å². The summed E-state index contributed by atoms with van der Waals surface area (Å²) >= 11 is 0. The van der Waals surface area contributed by atoms with Crippen LogP contribution >= 0.6 is 0 Å². The van der Waals surface area contributed by atoms with Gasteiger partial charge in [0.25, 0.3) is 0 Å². The number of nitrogens with zero attached hydrogens (tertiary/aromatic N) is 5. The number of carbonyl (C=O) groups is 6. The average Bonchev–Trinajstić information content (AvgIpc) is 3.28. The van der Waals surface area contributed by atoms with Crippen molar-refractivity contribution in [3.05, 3.63) is 26.0 Å². The number of ketones is 1. The molecule has 388 valence electrons. The second-order valence-electron chi connectivity index (χ2n) is 16.9. The summed E-state index contributed by atoms with van der Waals surface area (Å²) in [4.78, 5) is 104. The molecule has 2 N–H and O–H groups in total. The minimum atomic E-state index is -1.34. The van der Waals surface area contributed by atoms with Gasteiger partial charge in [-0.1, -0.05) is 12.8 Å². The number of amides is 1. The molecule has 68 heavy (non-hydrogen) atoms. The molecule has 1 saturated heterocycles. The van der Waals surface area contributed by atoms with E-state index in [1.807, 2.05) is 6.92 Å². The Labute approximate surface area is 399 Å². The standard InChI is InChI=1S/C46H78N6O16/c1-3-65-27-11-16-52(36(2)53)32-37(54)12-6-9-25-66-28-30-68-31-29-67-26-10-7-13-38-43(45(62)44(38)61)47-15-8-4-5-14-39(46(63)64)51-23-21-49(34-41(57)58)19-17-48(33-40(55)56)18-20-50(22-24-51)35-42(59)60/h39,47H,3-35H2,1-2H3,(H,55,56)(H,57,58)(H,59,60)(H,63,64)/p-3. The van der Waals surface area contributed by atoms with Crippen molar-refractivity contribution in [1.82, 2.24) is 24.5 Å². The third-order valence-corrected chi connectivity index (χ3v) is 11.6. The number of ether oxygens (including phenoxy) is 4. The monoisotopic (exact) mass is 968 g/mol. The summed E-state index contributed by atoms with van der Waals surface area (Å²) < 4.78 is 22.1. The van der Waals surface area contributed by atoms with Crippen LogP contribution in [0.3, 0.4) is 0 Å². The van der Waals surface area contributed by atoms with Crippen molar-refractivity contribution in [2.75, 3.05) is 150 Å². The Morgan fingerprint density at radius 1 is 0.632 bits per heavy atom. The van der Waals surface area contributed by atoms with Gasteiger partial charge in [-0.15, -0.1) is 0 Å². The molecule has 22 heteroatoms. The highest BCUT2D eigenvalue weighted by Gasteiger charge is 2.27. The number of carboxylic acids is 4. The van der Waals surface area contributed by atoms with Crippen LogP contribution in [-0.4, -0.2) is 216 Å². The van der Waals surface area contributed by atoms with Crippen molar-refractivity contribution in [1.29, 1.82) is 0 Å². The molecule has 1 aromatic rings. The maximum Gasteiger partial charge on any atom is 0.320 e. The van der Waals surface area contributed by atoms with E-state index < -0.39 is 60.4 Å². The fourth-order valence-electron chi connectivity index (χ4n) is 7.78. The zero-order chi connectivity index (χ0) is 50.1. The van der Waals surface area contributed by atoms with Crippen LogP contribution in [0.2, 0.25) is 0 Å². The summed E-state index contributed by atoms with van der Waals surface area (Å²) in [5.74, 6) is -5.19. The van der Waals surface area contributed by atoms with E-state index in [4.69, 9.17) is 18.9 Å². The Morgan fingerprint density at radius 2 is 1.13 bits per heavy atom. The van der Waals surface area contributed by atoms with Gasteiger partial charge in [0, 0.05) is 130 Å². The lowest BCUT2D eigenvalue weighted by molar-refractivity contribution is -0.308. The maximum atomic E-state index is 12.5. The minimum absolute atomic E-state index is 0.0269. The predicted octanol–water partition coefficient (Wildman–Crippen LogP) is -3.43. The lowest BCUT2D eigenvalue weighted by Gasteiger charge is -2.36. The molecular weight excluding hydrogens is 893 g/mol. The molecule has 1 unspecified atom stereocenters. The van der Waals surface area contributed by atoms with Crippen molar-refractivity contribution in [2.24, 2.45) is 0 Å². The second kappa shape index (κ2) is 35.7. The van der Waals surface area contributed by atoms with Crippen LogP contribution < -0.4 is 31.5 Å². The van der Waals surface area contributed by atoms with Crippen LogP contribution in [-0.2, 0) is 54.1 Å². The molecule has 1 aliphatic rings.